The van der Waals surface area contributed by atoms with E-state index >= 15 is 0 Å². The highest BCUT2D eigenvalue weighted by Crippen LogP contribution is 2.60. The summed E-state index contributed by atoms with van der Waals surface area (Å²) in [5.41, 5.74) is 0.603. The molecule has 250 valence electrons. The SMILES string of the molecule is COc1cc([C@H]2C3=CC[C@@H]4C(=O)N(c5cccc([N+](=O)[O-])c5)C(=O)[C@@H]4[C@@H]3C[C@H]3C(=O)N(c4cccc([N+](=O)[O-])c4)C(=O)[C@@H]23)c(Br)c(Br)c1O. The van der Waals surface area contributed by atoms with E-state index in [-0.39, 0.29) is 51.6 Å². The minimum Gasteiger partial charge on any atom is -0.503 e. The lowest BCUT2D eigenvalue weighted by molar-refractivity contribution is -0.385. The van der Waals surface area contributed by atoms with Crippen molar-refractivity contribution in [3.05, 3.63) is 101 Å². The van der Waals surface area contributed by atoms with Gasteiger partial charge in [0.15, 0.2) is 11.5 Å². The third-order valence-electron chi connectivity index (χ3n) is 9.97. The van der Waals surface area contributed by atoms with Crippen molar-refractivity contribution in [2.24, 2.45) is 29.6 Å². The van der Waals surface area contributed by atoms with Crippen LogP contribution in [0.5, 0.6) is 11.5 Å². The number of anilines is 2. The average Bonchev–Trinajstić information content (AvgIpc) is 3.50. The number of benzene rings is 3. The number of aromatic hydroxyl groups is 1. The Bertz CT molecular complexity index is 2070. The van der Waals surface area contributed by atoms with Gasteiger partial charge < -0.3 is 9.84 Å². The number of hydrogen-bond donors (Lipinski definition) is 1. The summed E-state index contributed by atoms with van der Waals surface area (Å²) in [6.07, 6.45) is 1.98. The predicted octanol–water partition coefficient (Wildman–Crippen LogP) is 5.79. The molecular weight excluding hydrogens is 772 g/mol. The van der Waals surface area contributed by atoms with E-state index in [0.717, 1.165) is 21.9 Å². The highest BCUT2D eigenvalue weighted by Gasteiger charge is 2.62. The molecule has 3 aromatic carbocycles. The number of allylic oxidation sites excluding steroid dienone is 2. The summed E-state index contributed by atoms with van der Waals surface area (Å²) in [5.74, 6) is -7.72. The zero-order chi connectivity index (χ0) is 35.0. The number of carbonyl (C=O) groups excluding carboxylic acids is 4. The second-order valence-corrected chi connectivity index (χ2v) is 13.8. The van der Waals surface area contributed by atoms with Gasteiger partial charge in [-0.2, -0.15) is 0 Å². The van der Waals surface area contributed by atoms with Gasteiger partial charge in [-0.3, -0.25) is 39.4 Å². The Morgan fingerprint density at radius 3 is 1.88 bits per heavy atom. The van der Waals surface area contributed by atoms with Crippen molar-refractivity contribution in [3.63, 3.8) is 0 Å². The van der Waals surface area contributed by atoms with Crippen molar-refractivity contribution in [2.75, 3.05) is 16.9 Å². The molecule has 3 aromatic rings. The molecule has 2 saturated heterocycles. The molecule has 0 bridgehead atoms. The Kier molecular flexibility index (Phi) is 7.89. The van der Waals surface area contributed by atoms with Gasteiger partial charge in [0.25, 0.3) is 11.4 Å². The summed E-state index contributed by atoms with van der Waals surface area (Å²) in [6, 6.07) is 12.0. The number of nitro groups is 2. The number of fused-ring (bicyclic) bond motifs is 4. The van der Waals surface area contributed by atoms with Crippen LogP contribution >= 0.6 is 31.9 Å². The van der Waals surface area contributed by atoms with Crippen molar-refractivity contribution in [1.82, 2.24) is 0 Å². The molecule has 2 heterocycles. The van der Waals surface area contributed by atoms with Gasteiger partial charge in [0.05, 0.1) is 56.5 Å². The Labute approximate surface area is 293 Å². The lowest BCUT2D eigenvalue weighted by Crippen LogP contribution is -2.43. The number of non-ortho nitro benzene ring substituents is 2. The molecule has 1 saturated carbocycles. The summed E-state index contributed by atoms with van der Waals surface area (Å²) in [6.45, 7) is 0. The molecule has 2 aliphatic heterocycles. The quantitative estimate of drug-likeness (QED) is 0.138. The van der Waals surface area contributed by atoms with Gasteiger partial charge in [-0.15, -0.1) is 0 Å². The lowest BCUT2D eigenvalue weighted by atomic mass is 9.57. The van der Waals surface area contributed by atoms with Gasteiger partial charge in [-0.05, 0) is 74.4 Å². The summed E-state index contributed by atoms with van der Waals surface area (Å²) in [4.78, 5) is 80.4. The number of nitrogens with zero attached hydrogens (tertiary/aromatic N) is 4. The monoisotopic (exact) mass is 794 g/mol. The molecule has 0 spiro atoms. The normalized spacial score (nSPS) is 25.9. The van der Waals surface area contributed by atoms with Gasteiger partial charge >= 0.3 is 0 Å². The van der Waals surface area contributed by atoms with Crippen molar-refractivity contribution in [2.45, 2.75) is 18.8 Å². The number of phenols is 1. The molecule has 2 aliphatic carbocycles. The van der Waals surface area contributed by atoms with Crippen LogP contribution in [0.3, 0.4) is 0 Å². The average molecular weight is 796 g/mol. The fraction of sp³-hybridized carbons (Fsp3) is 0.273. The van der Waals surface area contributed by atoms with E-state index in [1.807, 2.05) is 6.08 Å². The van der Waals surface area contributed by atoms with Crippen LogP contribution in [0.25, 0.3) is 0 Å². The molecule has 1 N–H and O–H groups in total. The van der Waals surface area contributed by atoms with Gasteiger partial charge in [-0.1, -0.05) is 23.8 Å². The van der Waals surface area contributed by atoms with E-state index in [2.05, 4.69) is 31.9 Å². The first-order valence-corrected chi connectivity index (χ1v) is 16.6. The van der Waals surface area contributed by atoms with Crippen LogP contribution in [0.2, 0.25) is 0 Å². The maximum atomic E-state index is 14.4. The second kappa shape index (κ2) is 11.9. The topological polar surface area (TPSA) is 190 Å². The Balaban J connectivity index is 1.37. The molecule has 4 amide bonds. The number of amides is 4. The number of methoxy groups -OCH3 is 1. The lowest BCUT2D eigenvalue weighted by Gasteiger charge is -2.44. The predicted molar refractivity (Wildman–Crippen MR) is 179 cm³/mol. The number of rotatable bonds is 6. The fourth-order valence-corrected chi connectivity index (χ4v) is 8.90. The maximum Gasteiger partial charge on any atom is 0.271 e. The number of halogens is 2. The van der Waals surface area contributed by atoms with Crippen LogP contribution in [0.15, 0.2) is 75.2 Å². The zero-order valence-electron chi connectivity index (χ0n) is 25.3. The molecule has 0 unspecified atom stereocenters. The molecule has 3 fully saturated rings. The van der Waals surface area contributed by atoms with E-state index in [0.29, 0.717) is 15.6 Å². The number of nitro benzene ring substituents is 2. The molecule has 0 radical (unpaired) electrons. The number of phenolic OH excluding ortho intramolecular Hbond substituents is 1. The summed E-state index contributed by atoms with van der Waals surface area (Å²) >= 11 is 6.92. The fourth-order valence-electron chi connectivity index (χ4n) is 7.93. The van der Waals surface area contributed by atoms with E-state index in [1.54, 1.807) is 6.07 Å². The number of hydrogen-bond acceptors (Lipinski definition) is 10. The third-order valence-corrected chi connectivity index (χ3v) is 12.1. The minimum absolute atomic E-state index is 0.0275. The largest absolute Gasteiger partial charge is 0.503 e. The summed E-state index contributed by atoms with van der Waals surface area (Å²) in [7, 11) is 1.36. The van der Waals surface area contributed by atoms with Crippen molar-refractivity contribution >= 4 is 78.2 Å². The van der Waals surface area contributed by atoms with Crippen LogP contribution < -0.4 is 14.5 Å². The van der Waals surface area contributed by atoms with Crippen LogP contribution in [-0.2, 0) is 19.2 Å². The maximum absolute atomic E-state index is 14.4. The highest BCUT2D eigenvalue weighted by molar-refractivity contribution is 9.13. The molecule has 49 heavy (non-hydrogen) atoms. The molecule has 6 atom stereocenters. The van der Waals surface area contributed by atoms with Crippen LogP contribution in [0.4, 0.5) is 22.7 Å². The standard InChI is InChI=1S/C33H24Br2N4O10/c1-49-23-13-21(27(34)28(35)29(23)40)24-18-8-9-19-25(32(43)36(30(19)41)14-4-2-6-16(10-14)38(45)46)20(18)12-22-26(24)33(44)37(31(22)42)15-5-3-7-17(11-15)39(47)48/h2-8,10-11,13,19-20,22,24-26,40H,9,12H2,1H3/t19-,20+,22+,24+,25-,26+/m0/s1. The van der Waals surface area contributed by atoms with Crippen LogP contribution in [0.1, 0.15) is 24.3 Å². The Morgan fingerprint density at radius 2 is 1.33 bits per heavy atom. The van der Waals surface area contributed by atoms with Gasteiger partial charge in [0.2, 0.25) is 23.6 Å². The molecule has 16 heteroatoms. The van der Waals surface area contributed by atoms with E-state index < -0.39 is 69.0 Å². The van der Waals surface area contributed by atoms with Crippen molar-refractivity contribution < 1.29 is 38.9 Å². The molecule has 0 aromatic heterocycles. The van der Waals surface area contributed by atoms with Crippen molar-refractivity contribution in [3.8, 4) is 11.5 Å². The molecule has 4 aliphatic rings. The van der Waals surface area contributed by atoms with Gasteiger partial charge in [0.1, 0.15) is 0 Å². The first kappa shape index (κ1) is 32.6. The molecule has 14 nitrogen and oxygen atoms in total. The zero-order valence-corrected chi connectivity index (χ0v) is 28.5. The van der Waals surface area contributed by atoms with Crippen LogP contribution in [-0.4, -0.2) is 45.7 Å². The summed E-state index contributed by atoms with van der Waals surface area (Å²) < 4.78 is 6.03. The van der Waals surface area contributed by atoms with Crippen LogP contribution in [0, 0.1) is 49.8 Å². The number of carbonyl (C=O) groups is 4. The van der Waals surface area contributed by atoms with E-state index in [4.69, 9.17) is 4.74 Å². The van der Waals surface area contributed by atoms with Crippen molar-refractivity contribution in [1.29, 1.82) is 0 Å². The van der Waals surface area contributed by atoms with E-state index in [9.17, 15) is 44.5 Å². The van der Waals surface area contributed by atoms with E-state index in [1.165, 1.54) is 43.5 Å². The first-order chi connectivity index (χ1) is 23.3. The minimum atomic E-state index is -1.01. The smallest absolute Gasteiger partial charge is 0.271 e. The first-order valence-electron chi connectivity index (χ1n) is 15.0. The third kappa shape index (κ3) is 4.87. The van der Waals surface area contributed by atoms with Gasteiger partial charge in [0, 0.05) is 34.7 Å². The summed E-state index contributed by atoms with van der Waals surface area (Å²) in [5, 5.41) is 33.8. The van der Waals surface area contributed by atoms with Gasteiger partial charge in [-0.25, -0.2) is 9.80 Å². The molecule has 7 rings (SSSR count). The number of imide groups is 2. The molecular formula is C33H24Br2N4O10. The Hall–Kier alpha value is -4.96. The highest BCUT2D eigenvalue weighted by atomic mass is 79.9. The second-order valence-electron chi connectivity index (χ2n) is 12.2. The number of ether oxygens (including phenoxy) is 1. The Morgan fingerprint density at radius 1 is 0.776 bits per heavy atom.